The summed E-state index contributed by atoms with van der Waals surface area (Å²) >= 11 is 1.45. The molecule has 9 nitrogen and oxygen atoms in total. The van der Waals surface area contributed by atoms with Crippen molar-refractivity contribution in [3.8, 4) is 11.1 Å². The van der Waals surface area contributed by atoms with Crippen LogP contribution in [0.3, 0.4) is 0 Å². The summed E-state index contributed by atoms with van der Waals surface area (Å²) in [6.45, 7) is 1.08. The van der Waals surface area contributed by atoms with Crippen LogP contribution in [0.4, 0.5) is 4.79 Å². The first-order valence-corrected chi connectivity index (χ1v) is 14.0. The van der Waals surface area contributed by atoms with Gasteiger partial charge in [0, 0.05) is 17.4 Å². The lowest BCUT2D eigenvalue weighted by Gasteiger charge is -2.18. The molecule has 0 aromatic heterocycles. The Balaban J connectivity index is 1.20. The molecular formula is C30H31N3O6S. The standard InChI is InChI=1S/C30H31N3O6S/c1-19(32-30(38)39-16-20-9-3-2-4-10-20)28(35)31-15-27(34)33-26(29(36)37)18-40-17-25-23-13-7-5-11-21(23)22-12-6-8-14-24(22)25/h2-14,19,25-26H,15-18H2,1H3,(H,31,35)(H,32,38)(H,33,34)(H,36,37)/t19-,26-/m0/s1. The number of thioether (sulfide) groups is 1. The van der Waals surface area contributed by atoms with Crippen molar-refractivity contribution in [2.24, 2.45) is 0 Å². The summed E-state index contributed by atoms with van der Waals surface area (Å²) < 4.78 is 5.09. The minimum Gasteiger partial charge on any atom is -0.480 e. The molecule has 40 heavy (non-hydrogen) atoms. The first-order chi connectivity index (χ1) is 19.3. The summed E-state index contributed by atoms with van der Waals surface area (Å²) in [4.78, 5) is 48.5. The maximum atomic E-state index is 12.4. The zero-order valence-electron chi connectivity index (χ0n) is 22.0. The molecule has 0 saturated carbocycles. The Morgan fingerprint density at radius 1 is 0.875 bits per heavy atom. The number of hydrogen-bond acceptors (Lipinski definition) is 6. The number of benzene rings is 3. The number of alkyl carbamates (subject to hydrolysis) is 1. The Bertz CT molecular complexity index is 1320. The molecule has 3 aromatic carbocycles. The van der Waals surface area contributed by atoms with Crippen LogP contribution in [0.1, 0.15) is 29.5 Å². The third-order valence-electron chi connectivity index (χ3n) is 6.53. The van der Waals surface area contributed by atoms with E-state index in [2.05, 4.69) is 40.2 Å². The van der Waals surface area contributed by atoms with Gasteiger partial charge >= 0.3 is 12.1 Å². The van der Waals surface area contributed by atoms with E-state index in [-0.39, 0.29) is 18.3 Å². The molecule has 0 fully saturated rings. The molecule has 0 heterocycles. The van der Waals surface area contributed by atoms with Crippen molar-refractivity contribution in [2.75, 3.05) is 18.1 Å². The number of carbonyl (C=O) groups is 4. The third-order valence-corrected chi connectivity index (χ3v) is 7.67. The monoisotopic (exact) mass is 561 g/mol. The number of fused-ring (bicyclic) bond motifs is 3. The second-order valence-electron chi connectivity index (χ2n) is 9.37. The smallest absolute Gasteiger partial charge is 0.408 e. The van der Waals surface area contributed by atoms with Crippen molar-refractivity contribution in [1.82, 2.24) is 16.0 Å². The van der Waals surface area contributed by atoms with E-state index in [1.807, 2.05) is 42.5 Å². The first kappa shape index (κ1) is 28.7. The molecule has 0 unspecified atom stereocenters. The summed E-state index contributed by atoms with van der Waals surface area (Å²) in [5.74, 6) is -1.44. The number of aliphatic carboxylic acids is 1. The quantitative estimate of drug-likeness (QED) is 0.266. The summed E-state index contributed by atoms with van der Waals surface area (Å²) in [7, 11) is 0. The number of nitrogens with one attached hydrogen (secondary N) is 3. The van der Waals surface area contributed by atoms with Gasteiger partial charge in [-0.1, -0.05) is 78.9 Å². The van der Waals surface area contributed by atoms with E-state index < -0.39 is 42.5 Å². The summed E-state index contributed by atoms with van der Waals surface area (Å²) in [6, 6.07) is 23.4. The van der Waals surface area contributed by atoms with Crippen LogP contribution < -0.4 is 16.0 Å². The van der Waals surface area contributed by atoms with E-state index in [0.717, 1.165) is 5.56 Å². The summed E-state index contributed by atoms with van der Waals surface area (Å²) in [5.41, 5.74) is 5.60. The predicted molar refractivity (Wildman–Crippen MR) is 153 cm³/mol. The van der Waals surface area contributed by atoms with Gasteiger partial charge in [0.15, 0.2) is 0 Å². The van der Waals surface area contributed by atoms with Gasteiger partial charge in [-0.3, -0.25) is 9.59 Å². The van der Waals surface area contributed by atoms with Crippen molar-refractivity contribution in [1.29, 1.82) is 0 Å². The maximum absolute atomic E-state index is 12.4. The highest BCUT2D eigenvalue weighted by Crippen LogP contribution is 2.45. The van der Waals surface area contributed by atoms with Crippen molar-refractivity contribution in [2.45, 2.75) is 31.5 Å². The van der Waals surface area contributed by atoms with Gasteiger partial charge in [0.25, 0.3) is 0 Å². The van der Waals surface area contributed by atoms with E-state index >= 15 is 0 Å². The van der Waals surface area contributed by atoms with Crippen molar-refractivity contribution >= 4 is 35.6 Å². The van der Waals surface area contributed by atoms with Gasteiger partial charge in [0.1, 0.15) is 18.7 Å². The van der Waals surface area contributed by atoms with E-state index in [4.69, 9.17) is 4.74 Å². The minimum absolute atomic E-state index is 0.0533. The molecule has 3 aromatic rings. The van der Waals surface area contributed by atoms with E-state index in [0.29, 0.717) is 5.75 Å². The fraction of sp³-hybridized carbons (Fsp3) is 0.267. The van der Waals surface area contributed by atoms with Gasteiger partial charge in [0.05, 0.1) is 6.54 Å². The van der Waals surface area contributed by atoms with Crippen molar-refractivity contribution in [3.05, 3.63) is 95.6 Å². The van der Waals surface area contributed by atoms with Gasteiger partial charge in [-0.15, -0.1) is 0 Å². The number of carboxylic acids is 1. The highest BCUT2D eigenvalue weighted by Gasteiger charge is 2.29. The lowest BCUT2D eigenvalue weighted by Crippen LogP contribution is -2.50. The molecule has 1 aliphatic carbocycles. The van der Waals surface area contributed by atoms with Crippen molar-refractivity contribution < 1.29 is 29.0 Å². The van der Waals surface area contributed by atoms with Gasteiger partial charge in [-0.05, 0) is 34.7 Å². The van der Waals surface area contributed by atoms with Crippen LogP contribution in [0.15, 0.2) is 78.9 Å². The Morgan fingerprint density at radius 3 is 2.10 bits per heavy atom. The lowest BCUT2D eigenvalue weighted by atomic mass is 9.99. The zero-order valence-corrected chi connectivity index (χ0v) is 22.8. The van der Waals surface area contributed by atoms with Crippen LogP contribution in [-0.2, 0) is 25.7 Å². The van der Waals surface area contributed by atoms with Crippen molar-refractivity contribution in [3.63, 3.8) is 0 Å². The summed E-state index contributed by atoms with van der Waals surface area (Å²) in [5, 5.41) is 16.9. The molecule has 0 radical (unpaired) electrons. The number of ether oxygens (including phenoxy) is 1. The number of rotatable bonds is 12. The van der Waals surface area contributed by atoms with Crippen LogP contribution >= 0.6 is 11.8 Å². The number of carbonyl (C=O) groups excluding carboxylic acids is 3. The van der Waals surface area contributed by atoms with Gasteiger partial charge in [-0.25, -0.2) is 9.59 Å². The molecule has 2 atom stereocenters. The van der Waals surface area contributed by atoms with Crippen LogP contribution in [0.25, 0.3) is 11.1 Å². The van der Waals surface area contributed by atoms with E-state index in [9.17, 15) is 24.3 Å². The van der Waals surface area contributed by atoms with Gasteiger partial charge < -0.3 is 25.8 Å². The first-order valence-electron chi connectivity index (χ1n) is 12.9. The molecule has 208 valence electrons. The molecule has 0 aliphatic heterocycles. The number of carboxylic acid groups (broad SMARTS) is 1. The molecular weight excluding hydrogens is 530 g/mol. The molecule has 0 bridgehead atoms. The second-order valence-corrected chi connectivity index (χ2v) is 10.4. The number of hydrogen-bond donors (Lipinski definition) is 4. The lowest BCUT2D eigenvalue weighted by molar-refractivity contribution is -0.141. The molecule has 4 N–H and O–H groups in total. The van der Waals surface area contributed by atoms with E-state index in [1.54, 1.807) is 12.1 Å². The Kier molecular flexibility index (Phi) is 9.80. The Hall–Kier alpha value is -4.31. The molecule has 3 amide bonds. The number of amides is 3. The van der Waals surface area contributed by atoms with Gasteiger partial charge in [0.2, 0.25) is 11.8 Å². The largest absolute Gasteiger partial charge is 0.480 e. The van der Waals surface area contributed by atoms with Crippen LogP contribution in [0, 0.1) is 0 Å². The molecule has 4 rings (SSSR count). The Labute approximate surface area is 236 Å². The fourth-order valence-corrected chi connectivity index (χ4v) is 5.68. The molecule has 0 spiro atoms. The van der Waals surface area contributed by atoms with Crippen LogP contribution in [0.5, 0.6) is 0 Å². The van der Waals surface area contributed by atoms with E-state index in [1.165, 1.54) is 40.9 Å². The highest BCUT2D eigenvalue weighted by atomic mass is 32.2. The third kappa shape index (κ3) is 7.41. The molecule has 10 heteroatoms. The fourth-order valence-electron chi connectivity index (χ4n) is 4.49. The average Bonchev–Trinajstić information content (AvgIpc) is 3.28. The second kappa shape index (κ2) is 13.7. The normalized spacial score (nSPS) is 13.3. The minimum atomic E-state index is -1.16. The summed E-state index contributed by atoms with van der Waals surface area (Å²) in [6.07, 6.45) is -0.772. The maximum Gasteiger partial charge on any atom is 0.408 e. The van der Waals surface area contributed by atoms with Gasteiger partial charge in [-0.2, -0.15) is 11.8 Å². The highest BCUT2D eigenvalue weighted by molar-refractivity contribution is 7.99. The predicted octanol–water partition coefficient (Wildman–Crippen LogP) is 3.53. The zero-order chi connectivity index (χ0) is 28.5. The Morgan fingerprint density at radius 2 is 1.48 bits per heavy atom. The van der Waals surface area contributed by atoms with Crippen LogP contribution in [0.2, 0.25) is 0 Å². The molecule has 0 saturated heterocycles. The topological polar surface area (TPSA) is 134 Å². The van der Waals surface area contributed by atoms with Crippen LogP contribution in [-0.4, -0.2) is 59.1 Å². The molecule has 1 aliphatic rings. The average molecular weight is 562 g/mol. The SMILES string of the molecule is C[C@H](NC(=O)OCc1ccccc1)C(=O)NCC(=O)N[C@@H](CSCC1c2ccccc2-c2ccccc21)C(=O)O.